The maximum absolute atomic E-state index is 13.7. The highest BCUT2D eigenvalue weighted by Gasteiger charge is 2.44. The van der Waals surface area contributed by atoms with Crippen LogP contribution in [0, 0.1) is 0 Å². The van der Waals surface area contributed by atoms with Crippen LogP contribution in [0.1, 0.15) is 62.0 Å². The Morgan fingerprint density at radius 1 is 0.913 bits per heavy atom. The number of fused-ring (bicyclic) bond motifs is 1. The molecule has 1 aromatic heterocycles. The van der Waals surface area contributed by atoms with Crippen LogP contribution in [-0.4, -0.2) is 33.8 Å². The van der Waals surface area contributed by atoms with E-state index in [9.17, 15) is 17.6 Å². The van der Waals surface area contributed by atoms with E-state index >= 15 is 0 Å². The summed E-state index contributed by atoms with van der Waals surface area (Å²) in [6, 6.07) is 21.8. The molecular formula is C36H39F4N3O3. The summed E-state index contributed by atoms with van der Waals surface area (Å²) in [5, 5.41) is 0. The van der Waals surface area contributed by atoms with Crippen LogP contribution in [0.3, 0.4) is 0 Å². The van der Waals surface area contributed by atoms with Gasteiger partial charge in [-0.3, -0.25) is 4.90 Å². The average Bonchev–Trinajstić information content (AvgIpc) is 3.64. The molecule has 1 aliphatic rings. The number of allylic oxidation sites excluding steroid dienone is 1. The highest BCUT2D eigenvalue weighted by atomic mass is 19.3. The zero-order valence-corrected chi connectivity index (χ0v) is 26.1. The van der Waals surface area contributed by atoms with Crippen LogP contribution in [0.4, 0.5) is 17.6 Å². The molecule has 0 N–H and O–H groups in total. The number of hydrogen-bond acceptors (Lipinski definition) is 5. The van der Waals surface area contributed by atoms with Crippen molar-refractivity contribution in [1.29, 1.82) is 0 Å². The van der Waals surface area contributed by atoms with Crippen molar-refractivity contribution in [2.75, 3.05) is 6.79 Å². The van der Waals surface area contributed by atoms with Gasteiger partial charge >= 0.3 is 12.5 Å². The minimum atomic E-state index is -4.59. The van der Waals surface area contributed by atoms with Gasteiger partial charge in [0.1, 0.15) is 11.6 Å². The number of unbranched alkanes of at least 4 members (excludes halogenated alkanes) is 2. The number of halogens is 4. The number of ether oxygens (including phenoxy) is 3. The lowest BCUT2D eigenvalue weighted by Gasteiger charge is -2.25. The Bertz CT molecular complexity index is 1610. The molecular weight excluding hydrogens is 598 g/mol. The number of rotatable bonds is 16. The minimum Gasteiger partial charge on any atom is -0.454 e. The molecule has 1 aliphatic heterocycles. The fourth-order valence-corrected chi connectivity index (χ4v) is 5.38. The van der Waals surface area contributed by atoms with E-state index in [1.807, 2.05) is 36.4 Å². The van der Waals surface area contributed by atoms with Crippen LogP contribution >= 0.6 is 0 Å². The molecule has 4 aromatic rings. The molecule has 0 unspecified atom stereocenters. The average molecular weight is 638 g/mol. The Balaban J connectivity index is 1.54. The standard InChI is InChI=1S/C36H39F4N3O3/c1-3-5-8-16-30-31(43(19-6-4-2)34(41-30)28-13-9-7-10-14-28)24-42(23-27-17-18-32-33(21-27)45-25-44-32)22-26-12-11-15-29(20-26)46-36(39,40)35(37)38/h7-18,20-21,35H,3-6,19,22-25H2,1-2H3. The van der Waals surface area contributed by atoms with E-state index in [2.05, 4.69) is 52.3 Å². The van der Waals surface area contributed by atoms with Gasteiger partial charge in [-0.05, 0) is 54.3 Å². The highest BCUT2D eigenvalue weighted by molar-refractivity contribution is 5.61. The molecule has 0 amide bonds. The fourth-order valence-electron chi connectivity index (χ4n) is 5.38. The first-order chi connectivity index (χ1) is 22.3. The van der Waals surface area contributed by atoms with E-state index in [0.29, 0.717) is 36.7 Å². The zero-order chi connectivity index (χ0) is 32.5. The second-order valence-electron chi connectivity index (χ2n) is 11.3. The van der Waals surface area contributed by atoms with Gasteiger partial charge in [-0.15, -0.1) is 0 Å². The second kappa shape index (κ2) is 15.3. The maximum Gasteiger partial charge on any atom is 0.461 e. The first-order valence-electron chi connectivity index (χ1n) is 15.6. The Hall–Kier alpha value is -4.31. The highest BCUT2D eigenvalue weighted by Crippen LogP contribution is 2.34. The lowest BCUT2D eigenvalue weighted by Crippen LogP contribution is -2.33. The summed E-state index contributed by atoms with van der Waals surface area (Å²) in [7, 11) is 0. The number of aromatic nitrogens is 2. The van der Waals surface area contributed by atoms with E-state index in [1.165, 1.54) is 18.2 Å². The van der Waals surface area contributed by atoms with Crippen LogP contribution in [0.25, 0.3) is 17.5 Å². The van der Waals surface area contributed by atoms with Gasteiger partial charge in [-0.25, -0.2) is 4.98 Å². The van der Waals surface area contributed by atoms with E-state index in [-0.39, 0.29) is 12.5 Å². The van der Waals surface area contributed by atoms with Gasteiger partial charge in [-0.2, -0.15) is 17.6 Å². The molecule has 244 valence electrons. The fraction of sp³-hybridized carbons (Fsp3) is 0.361. The molecule has 46 heavy (non-hydrogen) atoms. The monoisotopic (exact) mass is 637 g/mol. The third-order valence-electron chi connectivity index (χ3n) is 7.63. The summed E-state index contributed by atoms with van der Waals surface area (Å²) < 4.78 is 71.0. The Morgan fingerprint density at radius 2 is 1.67 bits per heavy atom. The van der Waals surface area contributed by atoms with E-state index in [1.54, 1.807) is 6.07 Å². The summed E-state index contributed by atoms with van der Waals surface area (Å²) in [6.07, 6.45) is -0.439. The Kier molecular flexibility index (Phi) is 11.0. The SMILES string of the molecule is CCCC=Cc1nc(-c2ccccc2)n(CCCC)c1CN(Cc1cccc(OC(F)(F)C(F)F)c1)Cc1ccc2c(c1)OCO2. The van der Waals surface area contributed by atoms with Crippen LogP contribution in [-0.2, 0) is 26.2 Å². The number of alkyl halides is 4. The van der Waals surface area contributed by atoms with Crippen molar-refractivity contribution in [3.05, 3.63) is 101 Å². The van der Waals surface area contributed by atoms with Crippen molar-refractivity contribution in [2.45, 2.75) is 78.2 Å². The lowest BCUT2D eigenvalue weighted by molar-refractivity contribution is -0.253. The van der Waals surface area contributed by atoms with Crippen molar-refractivity contribution in [3.8, 4) is 28.6 Å². The Morgan fingerprint density at radius 3 is 2.41 bits per heavy atom. The van der Waals surface area contributed by atoms with Gasteiger partial charge in [0.15, 0.2) is 11.5 Å². The maximum atomic E-state index is 13.7. The molecule has 3 aromatic carbocycles. The number of imidazole rings is 1. The van der Waals surface area contributed by atoms with Crippen molar-refractivity contribution in [2.24, 2.45) is 0 Å². The van der Waals surface area contributed by atoms with Crippen molar-refractivity contribution in [3.63, 3.8) is 0 Å². The van der Waals surface area contributed by atoms with Crippen molar-refractivity contribution in [1.82, 2.24) is 14.5 Å². The molecule has 2 heterocycles. The second-order valence-corrected chi connectivity index (χ2v) is 11.3. The zero-order valence-electron chi connectivity index (χ0n) is 26.1. The van der Waals surface area contributed by atoms with Gasteiger partial charge < -0.3 is 18.8 Å². The molecule has 5 rings (SSSR count). The summed E-state index contributed by atoms with van der Waals surface area (Å²) in [5.41, 5.74) is 4.51. The van der Waals surface area contributed by atoms with Crippen LogP contribution in [0.2, 0.25) is 0 Å². The predicted molar refractivity (Wildman–Crippen MR) is 170 cm³/mol. The molecule has 0 saturated heterocycles. The Labute approximate surface area is 267 Å². The molecule has 0 bridgehead atoms. The van der Waals surface area contributed by atoms with E-state index in [0.717, 1.165) is 60.6 Å². The van der Waals surface area contributed by atoms with Gasteiger partial charge in [0.25, 0.3) is 0 Å². The third kappa shape index (κ3) is 8.28. The minimum absolute atomic E-state index is 0.158. The normalized spacial score (nSPS) is 13.0. The molecule has 0 aliphatic carbocycles. The summed E-state index contributed by atoms with van der Waals surface area (Å²) in [5.74, 6) is 1.89. The van der Waals surface area contributed by atoms with Gasteiger partial charge in [0, 0.05) is 31.7 Å². The molecule has 10 heteroatoms. The van der Waals surface area contributed by atoms with Crippen molar-refractivity contribution >= 4 is 6.08 Å². The summed E-state index contributed by atoms with van der Waals surface area (Å²) in [6.45, 7) is 6.49. The van der Waals surface area contributed by atoms with Gasteiger partial charge in [0.05, 0.1) is 11.4 Å². The molecule has 0 fully saturated rings. The van der Waals surface area contributed by atoms with Gasteiger partial charge in [-0.1, -0.05) is 81.3 Å². The number of benzene rings is 3. The quantitative estimate of drug-likeness (QED) is 0.115. The molecule has 0 atom stereocenters. The van der Waals surface area contributed by atoms with Crippen LogP contribution < -0.4 is 14.2 Å². The van der Waals surface area contributed by atoms with E-state index < -0.39 is 12.5 Å². The largest absolute Gasteiger partial charge is 0.461 e. The molecule has 0 saturated carbocycles. The van der Waals surface area contributed by atoms with Crippen molar-refractivity contribution < 1.29 is 31.8 Å². The van der Waals surface area contributed by atoms with Crippen LogP contribution in [0.5, 0.6) is 17.2 Å². The number of nitrogens with zero attached hydrogens (tertiary/aromatic N) is 3. The molecule has 0 radical (unpaired) electrons. The van der Waals surface area contributed by atoms with E-state index in [4.69, 9.17) is 14.5 Å². The van der Waals surface area contributed by atoms with Crippen LogP contribution in [0.15, 0.2) is 78.9 Å². The summed E-state index contributed by atoms with van der Waals surface area (Å²) in [4.78, 5) is 7.30. The summed E-state index contributed by atoms with van der Waals surface area (Å²) >= 11 is 0. The predicted octanol–water partition coefficient (Wildman–Crippen LogP) is 9.33. The first kappa shape index (κ1) is 33.1. The molecule has 0 spiro atoms. The lowest BCUT2D eigenvalue weighted by atomic mass is 10.1. The van der Waals surface area contributed by atoms with Gasteiger partial charge in [0.2, 0.25) is 6.79 Å². The molecule has 6 nitrogen and oxygen atoms in total. The smallest absolute Gasteiger partial charge is 0.454 e. The number of hydrogen-bond donors (Lipinski definition) is 0. The third-order valence-corrected chi connectivity index (χ3v) is 7.63. The first-order valence-corrected chi connectivity index (χ1v) is 15.6. The topological polar surface area (TPSA) is 48.8 Å².